The molecular formula is C30H35N2O3+. The first-order chi connectivity index (χ1) is 16.7. The first kappa shape index (κ1) is 23.7. The fraction of sp³-hybridized carbons (Fsp3) is 0.400. The van der Waals surface area contributed by atoms with Gasteiger partial charge in [-0.15, -0.1) is 0 Å². The maximum absolute atomic E-state index is 13.6. The Labute approximate surface area is 208 Å². The average molecular weight is 472 g/mol. The molecule has 1 saturated carbocycles. The molecule has 1 fully saturated rings. The fourth-order valence-electron chi connectivity index (χ4n) is 5.95. The van der Waals surface area contributed by atoms with Gasteiger partial charge in [-0.3, -0.25) is 4.79 Å². The third-order valence-electron chi connectivity index (χ3n) is 8.14. The van der Waals surface area contributed by atoms with Gasteiger partial charge >= 0.3 is 0 Å². The van der Waals surface area contributed by atoms with Gasteiger partial charge < -0.3 is 14.7 Å². The van der Waals surface area contributed by atoms with Gasteiger partial charge in [-0.25, -0.2) is 0 Å². The number of rotatable bonds is 5. The lowest BCUT2D eigenvalue weighted by atomic mass is 9.70. The molecule has 3 aliphatic rings. The molecule has 0 spiro atoms. The Balaban J connectivity index is 1.51. The van der Waals surface area contributed by atoms with Gasteiger partial charge in [-0.1, -0.05) is 50.3 Å². The second-order valence-corrected chi connectivity index (χ2v) is 10.5. The van der Waals surface area contributed by atoms with Crippen LogP contribution in [0.3, 0.4) is 0 Å². The lowest BCUT2D eigenvalue weighted by molar-refractivity contribution is -0.439. The molecule has 182 valence electrons. The number of nitrogens with zero attached hydrogens (tertiary/aromatic N) is 2. The van der Waals surface area contributed by atoms with Crippen LogP contribution in [0.5, 0.6) is 0 Å². The summed E-state index contributed by atoms with van der Waals surface area (Å²) in [6.07, 6.45) is 2.19. The van der Waals surface area contributed by atoms with Crippen molar-refractivity contribution in [1.82, 2.24) is 0 Å². The van der Waals surface area contributed by atoms with Crippen molar-refractivity contribution >= 4 is 28.4 Å². The van der Waals surface area contributed by atoms with Crippen molar-refractivity contribution in [3.8, 4) is 0 Å². The minimum atomic E-state index is -0.821. The van der Waals surface area contributed by atoms with Crippen LogP contribution in [0.15, 0.2) is 65.9 Å². The number of allylic oxidation sites excluding steroid dienone is 2. The zero-order valence-electron chi connectivity index (χ0n) is 21.5. The molecule has 5 rings (SSSR count). The van der Waals surface area contributed by atoms with Crippen molar-refractivity contribution in [3.05, 3.63) is 77.0 Å². The molecule has 3 unspecified atom stereocenters. The molecule has 5 heteroatoms. The SMILES string of the molecule is COC(C)CC[N+]1=C(C)C(=C2C(=O)C(C=C3N(C)c4ccccc4C3(C)C)C2O)c2ccccc21. The second-order valence-electron chi connectivity index (χ2n) is 10.5. The van der Waals surface area contributed by atoms with Gasteiger partial charge in [0, 0.05) is 55.9 Å². The Kier molecular flexibility index (Phi) is 5.81. The lowest BCUT2D eigenvalue weighted by Crippen LogP contribution is -2.46. The summed E-state index contributed by atoms with van der Waals surface area (Å²) in [6, 6.07) is 16.5. The Hall–Kier alpha value is -3.02. The van der Waals surface area contributed by atoms with E-state index in [9.17, 15) is 9.90 Å². The van der Waals surface area contributed by atoms with Gasteiger partial charge in [0.15, 0.2) is 18.0 Å². The third kappa shape index (κ3) is 3.52. The van der Waals surface area contributed by atoms with Gasteiger partial charge in [-0.05, 0) is 24.6 Å². The number of aliphatic hydroxyl groups excluding tert-OH is 1. The highest BCUT2D eigenvalue weighted by Crippen LogP contribution is 2.49. The van der Waals surface area contributed by atoms with Crippen molar-refractivity contribution in [2.45, 2.75) is 51.7 Å². The second kappa shape index (κ2) is 8.58. The van der Waals surface area contributed by atoms with E-state index in [4.69, 9.17) is 4.74 Å². The van der Waals surface area contributed by atoms with Crippen LogP contribution < -0.4 is 4.90 Å². The summed E-state index contributed by atoms with van der Waals surface area (Å²) >= 11 is 0. The first-order valence-corrected chi connectivity index (χ1v) is 12.4. The predicted molar refractivity (Wildman–Crippen MR) is 140 cm³/mol. The monoisotopic (exact) mass is 471 g/mol. The third-order valence-corrected chi connectivity index (χ3v) is 8.14. The van der Waals surface area contributed by atoms with E-state index < -0.39 is 12.0 Å². The van der Waals surface area contributed by atoms with Crippen LogP contribution in [0.25, 0.3) is 5.57 Å². The number of anilines is 1. The van der Waals surface area contributed by atoms with E-state index >= 15 is 0 Å². The van der Waals surface area contributed by atoms with E-state index in [-0.39, 0.29) is 17.3 Å². The fourth-order valence-corrected chi connectivity index (χ4v) is 5.95. The quantitative estimate of drug-likeness (QED) is 0.500. The topological polar surface area (TPSA) is 52.8 Å². The smallest absolute Gasteiger partial charge is 0.213 e. The number of fused-ring (bicyclic) bond motifs is 2. The lowest BCUT2D eigenvalue weighted by Gasteiger charge is -2.35. The Bertz CT molecular complexity index is 1300. The highest BCUT2D eigenvalue weighted by molar-refractivity contribution is 6.32. The summed E-state index contributed by atoms with van der Waals surface area (Å²) in [5, 5.41) is 11.3. The standard InChI is InChI=1S/C30H35N2O3/c1-18(35-6)15-16-32-19(2)26(20-11-7-9-13-23(20)32)27-28(33)21(29(27)34)17-25-30(3,4)22-12-8-10-14-24(22)31(25)5/h7-14,17-18,21,28,33H,15-16H2,1-6H3/q+1. The van der Waals surface area contributed by atoms with E-state index in [0.29, 0.717) is 5.57 Å². The summed E-state index contributed by atoms with van der Waals surface area (Å²) in [4.78, 5) is 15.7. The van der Waals surface area contributed by atoms with E-state index in [0.717, 1.165) is 46.9 Å². The summed E-state index contributed by atoms with van der Waals surface area (Å²) in [5.41, 5.74) is 7.78. The largest absolute Gasteiger partial charge is 0.387 e. The molecule has 0 saturated heterocycles. The first-order valence-electron chi connectivity index (χ1n) is 12.4. The number of likely N-dealkylation sites (N-methyl/N-ethyl adjacent to an activating group) is 1. The summed E-state index contributed by atoms with van der Waals surface area (Å²) < 4.78 is 7.70. The van der Waals surface area contributed by atoms with Crippen LogP contribution in [-0.2, 0) is 14.9 Å². The van der Waals surface area contributed by atoms with Gasteiger partial charge in [0.25, 0.3) is 0 Å². The Morgan fingerprint density at radius 1 is 1.17 bits per heavy atom. The molecule has 1 N–H and O–H groups in total. The average Bonchev–Trinajstić information content (AvgIpc) is 3.23. The van der Waals surface area contributed by atoms with Gasteiger partial charge in [0.2, 0.25) is 5.69 Å². The van der Waals surface area contributed by atoms with E-state index in [1.54, 1.807) is 7.11 Å². The molecule has 2 aromatic carbocycles. The highest BCUT2D eigenvalue weighted by atomic mass is 16.5. The molecule has 2 heterocycles. The van der Waals surface area contributed by atoms with Crippen molar-refractivity contribution in [2.75, 3.05) is 25.6 Å². The number of Topliss-reactive ketones (excluding diaryl/α,β-unsaturated/α-hetero) is 1. The van der Waals surface area contributed by atoms with Crippen LogP contribution >= 0.6 is 0 Å². The van der Waals surface area contributed by atoms with Crippen molar-refractivity contribution < 1.29 is 19.2 Å². The van der Waals surface area contributed by atoms with Crippen LogP contribution in [0.4, 0.5) is 11.4 Å². The zero-order chi connectivity index (χ0) is 25.1. The molecule has 0 amide bonds. The molecule has 2 aliphatic heterocycles. The number of hydrogen-bond donors (Lipinski definition) is 1. The molecular weight excluding hydrogens is 436 g/mol. The molecule has 1 aliphatic carbocycles. The molecule has 2 aromatic rings. The minimum Gasteiger partial charge on any atom is -0.387 e. The number of carbonyl (C=O) groups excluding carboxylic acids is 1. The Morgan fingerprint density at radius 2 is 1.86 bits per heavy atom. The van der Waals surface area contributed by atoms with Gasteiger partial charge in [-0.2, -0.15) is 4.58 Å². The molecule has 0 aromatic heterocycles. The molecule has 0 bridgehead atoms. The molecule has 3 atom stereocenters. The number of methoxy groups -OCH3 is 1. The number of aliphatic hydroxyl groups is 1. The minimum absolute atomic E-state index is 0.0152. The molecule has 35 heavy (non-hydrogen) atoms. The number of carbonyl (C=O) groups is 1. The maximum atomic E-state index is 13.6. The summed E-state index contributed by atoms with van der Waals surface area (Å²) in [5.74, 6) is -0.521. The Morgan fingerprint density at radius 3 is 2.54 bits per heavy atom. The van der Waals surface area contributed by atoms with Gasteiger partial charge in [0.05, 0.1) is 29.3 Å². The van der Waals surface area contributed by atoms with Crippen molar-refractivity contribution in [2.24, 2.45) is 5.92 Å². The van der Waals surface area contributed by atoms with Crippen LogP contribution in [-0.4, -0.2) is 54.1 Å². The van der Waals surface area contributed by atoms with Crippen molar-refractivity contribution in [3.63, 3.8) is 0 Å². The molecule has 5 nitrogen and oxygen atoms in total. The predicted octanol–water partition coefficient (Wildman–Crippen LogP) is 4.86. The summed E-state index contributed by atoms with van der Waals surface area (Å²) in [6.45, 7) is 9.27. The van der Waals surface area contributed by atoms with Crippen LogP contribution in [0, 0.1) is 5.92 Å². The number of ether oxygens (including phenoxy) is 1. The normalized spacial score (nSPS) is 26.8. The zero-order valence-corrected chi connectivity index (χ0v) is 21.5. The number of para-hydroxylation sites is 2. The van der Waals surface area contributed by atoms with E-state index in [1.807, 2.05) is 31.3 Å². The molecule has 0 radical (unpaired) electrons. The van der Waals surface area contributed by atoms with E-state index in [2.05, 4.69) is 67.5 Å². The van der Waals surface area contributed by atoms with Crippen LogP contribution in [0.2, 0.25) is 0 Å². The van der Waals surface area contributed by atoms with Crippen LogP contribution in [0.1, 0.15) is 45.2 Å². The van der Waals surface area contributed by atoms with Crippen molar-refractivity contribution in [1.29, 1.82) is 0 Å². The number of ketones is 1. The van der Waals surface area contributed by atoms with Gasteiger partial charge in [0.1, 0.15) is 0 Å². The number of benzene rings is 2. The summed E-state index contributed by atoms with van der Waals surface area (Å²) in [7, 11) is 3.77. The number of hydrogen-bond acceptors (Lipinski definition) is 4. The highest BCUT2D eigenvalue weighted by Gasteiger charge is 2.50. The van der Waals surface area contributed by atoms with E-state index in [1.165, 1.54) is 5.56 Å². The maximum Gasteiger partial charge on any atom is 0.213 e.